The minimum atomic E-state index is 0.206. The lowest BCUT2D eigenvalue weighted by Crippen LogP contribution is -1.96. The van der Waals surface area contributed by atoms with E-state index in [-0.39, 0.29) is 5.78 Å². The maximum Gasteiger partial charge on any atom is 0.173 e. The van der Waals surface area contributed by atoms with E-state index >= 15 is 0 Å². The van der Waals surface area contributed by atoms with Crippen molar-refractivity contribution in [3.63, 3.8) is 0 Å². The second-order valence-corrected chi connectivity index (χ2v) is 5.73. The summed E-state index contributed by atoms with van der Waals surface area (Å²) >= 11 is 3.61. The van der Waals surface area contributed by atoms with Gasteiger partial charge in [-0.2, -0.15) is 11.8 Å². The fourth-order valence-electron chi connectivity index (χ4n) is 1.59. The highest BCUT2D eigenvalue weighted by atomic mass is 32.2. The van der Waals surface area contributed by atoms with Crippen molar-refractivity contribution in [3.8, 4) is 12.3 Å². The summed E-state index contributed by atoms with van der Waals surface area (Å²) in [7, 11) is 0. The van der Waals surface area contributed by atoms with Gasteiger partial charge in [-0.05, 0) is 23.8 Å². The number of thioether (sulfide) groups is 1. The van der Waals surface area contributed by atoms with Gasteiger partial charge in [0.05, 0.1) is 4.88 Å². The van der Waals surface area contributed by atoms with Crippen LogP contribution in [0, 0.1) is 12.3 Å². The predicted octanol–water partition coefficient (Wildman–Crippen LogP) is 3.13. The first-order chi connectivity index (χ1) is 7.31. The quantitative estimate of drug-likeness (QED) is 0.592. The molecule has 0 unspecified atom stereocenters. The van der Waals surface area contributed by atoms with Crippen molar-refractivity contribution in [2.75, 3.05) is 5.75 Å². The lowest BCUT2D eigenvalue weighted by Gasteiger charge is -2.08. The minimum absolute atomic E-state index is 0.206. The van der Waals surface area contributed by atoms with Gasteiger partial charge < -0.3 is 0 Å². The van der Waals surface area contributed by atoms with Crippen LogP contribution in [0.2, 0.25) is 0 Å². The van der Waals surface area contributed by atoms with E-state index < -0.39 is 0 Å². The molecule has 0 bridgehead atoms. The third-order valence-corrected chi connectivity index (χ3v) is 4.68. The molecule has 1 aromatic rings. The number of carbonyl (C=O) groups is 1. The standard InChI is InChI=1S/C12H12OS2/c1-2-3-4-10(13)12-7-9-8-14-6-5-11(9)15-12/h1,7H,3-6,8H2. The van der Waals surface area contributed by atoms with Crippen molar-refractivity contribution < 1.29 is 4.79 Å². The first-order valence-electron chi connectivity index (χ1n) is 4.97. The molecular formula is C12H12OS2. The molecule has 1 aromatic heterocycles. The highest BCUT2D eigenvalue weighted by Crippen LogP contribution is 2.32. The molecule has 15 heavy (non-hydrogen) atoms. The summed E-state index contributed by atoms with van der Waals surface area (Å²) in [6.45, 7) is 0. The van der Waals surface area contributed by atoms with Gasteiger partial charge in [-0.15, -0.1) is 23.7 Å². The maximum atomic E-state index is 11.7. The molecule has 0 saturated carbocycles. The van der Waals surface area contributed by atoms with Crippen LogP contribution in [0.4, 0.5) is 0 Å². The summed E-state index contributed by atoms with van der Waals surface area (Å²) in [6.07, 6.45) is 7.31. The van der Waals surface area contributed by atoms with Crippen LogP contribution in [0.1, 0.15) is 33.0 Å². The number of aryl methyl sites for hydroxylation is 1. The molecule has 2 heterocycles. The third-order valence-electron chi connectivity index (χ3n) is 2.40. The summed E-state index contributed by atoms with van der Waals surface area (Å²) in [5, 5.41) is 0. The van der Waals surface area contributed by atoms with Crippen molar-refractivity contribution in [2.45, 2.75) is 25.0 Å². The molecule has 1 nitrogen and oxygen atoms in total. The summed E-state index contributed by atoms with van der Waals surface area (Å²) in [5.41, 5.74) is 1.36. The first kappa shape index (κ1) is 10.8. The Morgan fingerprint density at radius 2 is 2.47 bits per heavy atom. The van der Waals surface area contributed by atoms with Crippen LogP contribution in [-0.2, 0) is 12.2 Å². The van der Waals surface area contributed by atoms with Crippen LogP contribution in [-0.4, -0.2) is 11.5 Å². The van der Waals surface area contributed by atoms with Gasteiger partial charge in [-0.3, -0.25) is 4.79 Å². The zero-order chi connectivity index (χ0) is 10.7. The number of fused-ring (bicyclic) bond motifs is 1. The predicted molar refractivity (Wildman–Crippen MR) is 66.6 cm³/mol. The van der Waals surface area contributed by atoms with Crippen molar-refractivity contribution in [1.29, 1.82) is 0 Å². The Morgan fingerprint density at radius 3 is 3.20 bits per heavy atom. The van der Waals surface area contributed by atoms with Gasteiger partial charge in [-0.25, -0.2) is 0 Å². The second-order valence-electron chi connectivity index (χ2n) is 3.49. The number of ketones is 1. The molecule has 0 radical (unpaired) electrons. The van der Waals surface area contributed by atoms with Gasteiger partial charge >= 0.3 is 0 Å². The van der Waals surface area contributed by atoms with Crippen LogP contribution < -0.4 is 0 Å². The molecule has 0 spiro atoms. The average Bonchev–Trinajstić information content (AvgIpc) is 2.69. The SMILES string of the molecule is C#CCCC(=O)c1cc2c(s1)CCSC2. The molecule has 3 heteroatoms. The maximum absolute atomic E-state index is 11.7. The molecule has 0 saturated heterocycles. The molecule has 0 aliphatic carbocycles. The Balaban J connectivity index is 2.12. The van der Waals surface area contributed by atoms with Gasteiger partial charge in [0, 0.05) is 23.5 Å². The number of hydrogen-bond acceptors (Lipinski definition) is 3. The summed E-state index contributed by atoms with van der Waals surface area (Å²) in [6, 6.07) is 2.06. The number of terminal acetylenes is 1. The molecule has 0 atom stereocenters. The molecule has 78 valence electrons. The zero-order valence-electron chi connectivity index (χ0n) is 8.41. The summed E-state index contributed by atoms with van der Waals surface area (Å²) in [5.74, 6) is 4.97. The molecule has 0 aromatic carbocycles. The van der Waals surface area contributed by atoms with E-state index in [9.17, 15) is 4.79 Å². The molecule has 2 rings (SSSR count). The molecule has 1 aliphatic heterocycles. The van der Waals surface area contributed by atoms with Crippen molar-refractivity contribution in [2.24, 2.45) is 0 Å². The Hall–Kier alpha value is -0.720. The van der Waals surface area contributed by atoms with Gasteiger partial charge in [0.2, 0.25) is 0 Å². The third kappa shape index (κ3) is 2.45. The Kier molecular flexibility index (Phi) is 3.50. The van der Waals surface area contributed by atoms with Crippen LogP contribution in [0.15, 0.2) is 6.07 Å². The molecule has 0 fully saturated rings. The zero-order valence-corrected chi connectivity index (χ0v) is 10.0. The second kappa shape index (κ2) is 4.87. The van der Waals surface area contributed by atoms with Crippen LogP contribution >= 0.6 is 23.1 Å². The monoisotopic (exact) mass is 236 g/mol. The van der Waals surface area contributed by atoms with E-state index in [4.69, 9.17) is 6.42 Å². The smallest absolute Gasteiger partial charge is 0.173 e. The molecule has 0 N–H and O–H groups in total. The van der Waals surface area contributed by atoms with E-state index in [1.807, 2.05) is 11.8 Å². The van der Waals surface area contributed by atoms with Crippen LogP contribution in [0.5, 0.6) is 0 Å². The largest absolute Gasteiger partial charge is 0.293 e. The van der Waals surface area contributed by atoms with E-state index in [1.54, 1.807) is 11.3 Å². The van der Waals surface area contributed by atoms with Gasteiger partial charge in [0.1, 0.15) is 0 Å². The van der Waals surface area contributed by atoms with Crippen LogP contribution in [0.25, 0.3) is 0 Å². The van der Waals surface area contributed by atoms with Crippen LogP contribution in [0.3, 0.4) is 0 Å². The highest BCUT2D eigenvalue weighted by molar-refractivity contribution is 7.98. The fourth-order valence-corrected chi connectivity index (χ4v) is 3.93. The topological polar surface area (TPSA) is 17.1 Å². The summed E-state index contributed by atoms with van der Waals surface area (Å²) in [4.78, 5) is 14.0. The average molecular weight is 236 g/mol. The van der Waals surface area contributed by atoms with E-state index in [1.165, 1.54) is 16.2 Å². The van der Waals surface area contributed by atoms with Crippen molar-refractivity contribution in [3.05, 3.63) is 21.4 Å². The normalized spacial score (nSPS) is 14.3. The lowest BCUT2D eigenvalue weighted by atomic mass is 10.1. The van der Waals surface area contributed by atoms with E-state index in [2.05, 4.69) is 12.0 Å². The number of hydrogen-bond donors (Lipinski definition) is 0. The number of carbonyl (C=O) groups excluding carboxylic acids is 1. The number of thiophene rings is 1. The molecule has 1 aliphatic rings. The molecular weight excluding hydrogens is 224 g/mol. The van der Waals surface area contributed by atoms with Gasteiger partial charge in [0.15, 0.2) is 5.78 Å². The van der Waals surface area contributed by atoms with E-state index in [0.717, 1.165) is 17.1 Å². The van der Waals surface area contributed by atoms with Gasteiger partial charge in [-0.1, -0.05) is 0 Å². The van der Waals surface area contributed by atoms with Crippen molar-refractivity contribution >= 4 is 28.9 Å². The highest BCUT2D eigenvalue weighted by Gasteiger charge is 2.16. The Bertz CT molecular complexity index is 388. The fraction of sp³-hybridized carbons (Fsp3) is 0.417. The number of Topliss-reactive ketones (excluding diaryl/α,β-unsaturated/α-hetero) is 1. The Labute approximate surface area is 98.3 Å². The first-order valence-corrected chi connectivity index (χ1v) is 6.94. The molecule has 0 amide bonds. The summed E-state index contributed by atoms with van der Waals surface area (Å²) < 4.78 is 0. The number of rotatable bonds is 3. The van der Waals surface area contributed by atoms with Crippen molar-refractivity contribution in [1.82, 2.24) is 0 Å². The Morgan fingerprint density at radius 1 is 1.60 bits per heavy atom. The lowest BCUT2D eigenvalue weighted by molar-refractivity contribution is 0.0988. The van der Waals surface area contributed by atoms with Gasteiger partial charge in [0.25, 0.3) is 0 Å². The van der Waals surface area contributed by atoms with E-state index in [0.29, 0.717) is 12.8 Å². The minimum Gasteiger partial charge on any atom is -0.293 e.